The third-order valence-corrected chi connectivity index (χ3v) is 6.61. The van der Waals surface area contributed by atoms with Crippen LogP contribution in [-0.2, 0) is 25.7 Å². The summed E-state index contributed by atoms with van der Waals surface area (Å²) in [6.07, 6.45) is 0.988. The molecule has 2 aliphatic rings. The third kappa shape index (κ3) is 4.07. The van der Waals surface area contributed by atoms with Crippen molar-refractivity contribution >= 4 is 11.3 Å². The van der Waals surface area contributed by atoms with Gasteiger partial charge in [0.1, 0.15) is 5.82 Å². The Morgan fingerprint density at radius 2 is 2.00 bits per heavy atom. The van der Waals surface area contributed by atoms with Crippen molar-refractivity contribution in [3.63, 3.8) is 0 Å². The SMILES string of the molecule is FC(F)(F)c1cccc(-c2ccc(CN3CCc4nc(C5CC5)ncc4C3)s2)c1. The molecule has 0 atom stereocenters. The molecule has 2 aromatic heterocycles. The molecular formula is C22H20F3N3S. The zero-order valence-electron chi connectivity index (χ0n) is 15.7. The monoisotopic (exact) mass is 415 g/mol. The van der Waals surface area contributed by atoms with Crippen LogP contribution in [-0.4, -0.2) is 21.4 Å². The maximum absolute atomic E-state index is 13.0. The Hall–Kier alpha value is -2.25. The van der Waals surface area contributed by atoms with Crippen LogP contribution in [0.3, 0.4) is 0 Å². The summed E-state index contributed by atoms with van der Waals surface area (Å²) in [6.45, 7) is 2.54. The lowest BCUT2D eigenvalue weighted by Gasteiger charge is -2.27. The van der Waals surface area contributed by atoms with Gasteiger partial charge in [0.05, 0.1) is 5.56 Å². The van der Waals surface area contributed by atoms with Crippen LogP contribution >= 0.6 is 11.3 Å². The fourth-order valence-corrected chi connectivity index (χ4v) is 4.80. The van der Waals surface area contributed by atoms with Gasteiger partial charge >= 0.3 is 6.18 Å². The highest BCUT2D eigenvalue weighted by Crippen LogP contribution is 2.38. The lowest BCUT2D eigenvalue weighted by Crippen LogP contribution is -2.30. The second kappa shape index (κ2) is 7.22. The summed E-state index contributed by atoms with van der Waals surface area (Å²) in [4.78, 5) is 13.7. The zero-order chi connectivity index (χ0) is 20.0. The number of benzene rings is 1. The van der Waals surface area contributed by atoms with Gasteiger partial charge in [0.2, 0.25) is 0 Å². The number of fused-ring (bicyclic) bond motifs is 1. The van der Waals surface area contributed by atoms with E-state index in [4.69, 9.17) is 4.98 Å². The van der Waals surface area contributed by atoms with Crippen LogP contribution in [0.5, 0.6) is 0 Å². The average Bonchev–Trinajstić information content (AvgIpc) is 3.46. The molecule has 0 spiro atoms. The number of aromatic nitrogens is 2. The first-order chi connectivity index (χ1) is 14.0. The van der Waals surface area contributed by atoms with Crippen LogP contribution in [0.4, 0.5) is 13.2 Å². The van der Waals surface area contributed by atoms with Gasteiger partial charge in [-0.25, -0.2) is 9.97 Å². The van der Waals surface area contributed by atoms with Crippen molar-refractivity contribution in [1.82, 2.24) is 14.9 Å². The fraction of sp³-hybridized carbons (Fsp3) is 0.364. The highest BCUT2D eigenvalue weighted by atomic mass is 32.1. The molecule has 5 rings (SSSR count). The van der Waals surface area contributed by atoms with E-state index >= 15 is 0 Å². The van der Waals surface area contributed by atoms with Crippen LogP contribution < -0.4 is 0 Å². The molecule has 1 saturated carbocycles. The van der Waals surface area contributed by atoms with E-state index in [1.54, 1.807) is 17.4 Å². The molecule has 3 aromatic rings. The minimum absolute atomic E-state index is 0.568. The molecule has 0 saturated heterocycles. The predicted molar refractivity (Wildman–Crippen MR) is 107 cm³/mol. The van der Waals surface area contributed by atoms with Crippen molar-refractivity contribution < 1.29 is 13.2 Å². The summed E-state index contributed by atoms with van der Waals surface area (Å²) < 4.78 is 38.9. The molecule has 3 heterocycles. The lowest BCUT2D eigenvalue weighted by atomic mass is 10.1. The van der Waals surface area contributed by atoms with Crippen molar-refractivity contribution in [1.29, 1.82) is 0 Å². The van der Waals surface area contributed by atoms with Crippen molar-refractivity contribution in [3.8, 4) is 10.4 Å². The van der Waals surface area contributed by atoms with E-state index in [2.05, 4.69) is 9.88 Å². The molecule has 7 heteroatoms. The van der Waals surface area contributed by atoms with E-state index < -0.39 is 11.7 Å². The van der Waals surface area contributed by atoms with Gasteiger partial charge in [0, 0.05) is 59.2 Å². The van der Waals surface area contributed by atoms with Crippen LogP contribution in [0, 0.1) is 0 Å². The second-order valence-corrected chi connectivity index (χ2v) is 8.95. The molecular weight excluding hydrogens is 395 g/mol. The van der Waals surface area contributed by atoms with Gasteiger partial charge in [-0.2, -0.15) is 13.2 Å². The van der Waals surface area contributed by atoms with Crippen molar-refractivity contribution in [2.75, 3.05) is 6.54 Å². The Morgan fingerprint density at radius 1 is 1.14 bits per heavy atom. The number of rotatable bonds is 4. The quantitative estimate of drug-likeness (QED) is 0.551. The summed E-state index contributed by atoms with van der Waals surface area (Å²) in [7, 11) is 0. The predicted octanol–water partition coefficient (Wildman–Crippen LogP) is 5.66. The van der Waals surface area contributed by atoms with Crippen LogP contribution in [0.25, 0.3) is 10.4 Å². The summed E-state index contributed by atoms with van der Waals surface area (Å²) >= 11 is 1.55. The van der Waals surface area contributed by atoms with Gasteiger partial charge in [-0.1, -0.05) is 12.1 Å². The van der Waals surface area contributed by atoms with Crippen LogP contribution in [0.15, 0.2) is 42.6 Å². The smallest absolute Gasteiger partial charge is 0.293 e. The zero-order valence-corrected chi connectivity index (χ0v) is 16.6. The summed E-state index contributed by atoms with van der Waals surface area (Å²) in [5.41, 5.74) is 2.37. The standard InChI is InChI=1S/C22H20F3N3S/c23-22(24,25)17-3-1-2-15(10-17)20-7-6-18(29-20)13-28-9-8-19-16(12-28)11-26-21(27-19)14-4-5-14/h1-3,6-7,10-11,14H,4-5,8-9,12-13H2. The first-order valence-corrected chi connectivity index (χ1v) is 10.6. The summed E-state index contributed by atoms with van der Waals surface area (Å²) in [6, 6.07) is 9.47. The summed E-state index contributed by atoms with van der Waals surface area (Å²) in [5, 5.41) is 0. The van der Waals surface area contributed by atoms with Crippen molar-refractivity contribution in [3.05, 3.63) is 70.1 Å². The van der Waals surface area contributed by atoms with Crippen LogP contribution in [0.1, 0.15) is 46.3 Å². The maximum atomic E-state index is 13.0. The minimum Gasteiger partial charge on any atom is -0.293 e. The molecule has 0 radical (unpaired) electrons. The molecule has 0 bridgehead atoms. The molecule has 29 heavy (non-hydrogen) atoms. The third-order valence-electron chi connectivity index (χ3n) is 5.49. The molecule has 3 nitrogen and oxygen atoms in total. The van der Waals surface area contributed by atoms with Gasteiger partial charge in [-0.15, -0.1) is 11.3 Å². The number of hydrogen-bond donors (Lipinski definition) is 0. The number of halogens is 3. The first-order valence-electron chi connectivity index (χ1n) is 9.79. The van der Waals surface area contributed by atoms with E-state index in [1.165, 1.54) is 36.2 Å². The Bertz CT molecular complexity index is 1040. The van der Waals surface area contributed by atoms with E-state index in [-0.39, 0.29) is 0 Å². The Kier molecular flexibility index (Phi) is 4.67. The fourth-order valence-electron chi connectivity index (χ4n) is 3.75. The second-order valence-electron chi connectivity index (χ2n) is 7.78. The molecule has 0 amide bonds. The molecule has 0 unspecified atom stereocenters. The van der Waals surface area contributed by atoms with Gasteiger partial charge in [0.15, 0.2) is 0 Å². The van der Waals surface area contributed by atoms with Crippen molar-refractivity contribution in [2.45, 2.75) is 44.4 Å². The number of thiophene rings is 1. The highest BCUT2D eigenvalue weighted by molar-refractivity contribution is 7.15. The van der Waals surface area contributed by atoms with E-state index in [0.717, 1.165) is 47.7 Å². The summed E-state index contributed by atoms with van der Waals surface area (Å²) in [5.74, 6) is 1.57. The Labute approximate surface area is 171 Å². The van der Waals surface area contributed by atoms with E-state index in [1.807, 2.05) is 18.3 Å². The minimum atomic E-state index is -4.32. The average molecular weight is 415 g/mol. The van der Waals surface area contributed by atoms with Crippen molar-refractivity contribution in [2.24, 2.45) is 0 Å². The largest absolute Gasteiger partial charge is 0.416 e. The highest BCUT2D eigenvalue weighted by Gasteiger charge is 2.31. The number of alkyl halides is 3. The molecule has 0 N–H and O–H groups in total. The lowest BCUT2D eigenvalue weighted by molar-refractivity contribution is -0.137. The molecule has 1 aliphatic carbocycles. The van der Waals surface area contributed by atoms with Gasteiger partial charge in [-0.05, 0) is 42.7 Å². The van der Waals surface area contributed by atoms with E-state index in [0.29, 0.717) is 11.5 Å². The number of hydrogen-bond acceptors (Lipinski definition) is 4. The van der Waals surface area contributed by atoms with Gasteiger partial charge < -0.3 is 0 Å². The first kappa shape index (κ1) is 18.8. The molecule has 1 fully saturated rings. The molecule has 1 aliphatic heterocycles. The maximum Gasteiger partial charge on any atom is 0.416 e. The molecule has 150 valence electrons. The molecule has 1 aromatic carbocycles. The van der Waals surface area contributed by atoms with Gasteiger partial charge in [-0.3, -0.25) is 4.90 Å². The Morgan fingerprint density at radius 3 is 2.79 bits per heavy atom. The van der Waals surface area contributed by atoms with Gasteiger partial charge in [0.25, 0.3) is 0 Å². The van der Waals surface area contributed by atoms with E-state index in [9.17, 15) is 13.2 Å². The Balaban J connectivity index is 1.28. The van der Waals surface area contributed by atoms with Crippen LogP contribution in [0.2, 0.25) is 0 Å². The normalized spacial score (nSPS) is 17.3. The topological polar surface area (TPSA) is 29.0 Å². The number of nitrogens with zero attached hydrogens (tertiary/aromatic N) is 3.